The first kappa shape index (κ1) is 64.6. The Labute approximate surface area is 421 Å². The zero-order valence-corrected chi connectivity index (χ0v) is 44.0. The number of carbonyl (C=O) groups excluding carboxylic acids is 2. The Hall–Kier alpha value is -2.38. The summed E-state index contributed by atoms with van der Waals surface area (Å²) in [6.45, 7) is 4.25. The van der Waals surface area contributed by atoms with Crippen LogP contribution in [-0.4, -0.2) is 100 Å². The van der Waals surface area contributed by atoms with Gasteiger partial charge < -0.3 is 45.1 Å². The third kappa shape index (κ3) is 38.0. The molecule has 1 aliphatic rings. The molecule has 1 heterocycles. The quantitative estimate of drug-likeness (QED) is 0.0196. The number of hydrogen-bond acceptors (Lipinski definition) is 10. The third-order valence-corrected chi connectivity index (χ3v) is 13.1. The van der Waals surface area contributed by atoms with Gasteiger partial charge in [0.15, 0.2) is 6.29 Å². The van der Waals surface area contributed by atoms with Crippen molar-refractivity contribution in [2.75, 3.05) is 19.8 Å². The van der Waals surface area contributed by atoms with Crippen molar-refractivity contribution in [3.05, 3.63) is 48.6 Å². The van der Waals surface area contributed by atoms with Crippen LogP contribution >= 0.6 is 0 Å². The number of esters is 1. The minimum Gasteiger partial charge on any atom is -0.466 e. The zero-order chi connectivity index (χ0) is 50.3. The summed E-state index contributed by atoms with van der Waals surface area (Å²) >= 11 is 0. The maximum atomic E-state index is 13.0. The fourth-order valence-corrected chi connectivity index (χ4v) is 8.58. The van der Waals surface area contributed by atoms with E-state index in [4.69, 9.17) is 14.2 Å². The highest BCUT2D eigenvalue weighted by Crippen LogP contribution is 2.23. The van der Waals surface area contributed by atoms with E-state index in [0.29, 0.717) is 19.4 Å². The highest BCUT2D eigenvalue weighted by atomic mass is 16.7. The Balaban J connectivity index is 2.16. The molecule has 7 unspecified atom stereocenters. The molecule has 7 atom stereocenters. The smallest absolute Gasteiger partial charge is 0.305 e. The van der Waals surface area contributed by atoms with Gasteiger partial charge in [0.25, 0.3) is 0 Å². The van der Waals surface area contributed by atoms with Gasteiger partial charge in [-0.05, 0) is 83.5 Å². The second-order valence-corrected chi connectivity index (χ2v) is 19.6. The molecule has 402 valence electrons. The summed E-state index contributed by atoms with van der Waals surface area (Å²) in [5, 5.41) is 54.3. The highest BCUT2D eigenvalue weighted by Gasteiger charge is 2.44. The lowest BCUT2D eigenvalue weighted by Crippen LogP contribution is -2.60. The lowest BCUT2D eigenvalue weighted by Gasteiger charge is -2.40. The van der Waals surface area contributed by atoms with Gasteiger partial charge in [-0.15, -0.1) is 0 Å². The molecule has 1 saturated heterocycles. The Morgan fingerprint density at radius 2 is 0.942 bits per heavy atom. The van der Waals surface area contributed by atoms with Gasteiger partial charge in [0.2, 0.25) is 5.91 Å². The van der Waals surface area contributed by atoms with Crippen molar-refractivity contribution in [2.45, 2.75) is 288 Å². The monoisotopic (exact) mass is 976 g/mol. The number of rotatable bonds is 48. The van der Waals surface area contributed by atoms with Crippen LogP contribution in [0.1, 0.15) is 245 Å². The van der Waals surface area contributed by atoms with Gasteiger partial charge in [0.1, 0.15) is 24.4 Å². The highest BCUT2D eigenvalue weighted by molar-refractivity contribution is 5.76. The molecule has 0 aliphatic carbocycles. The van der Waals surface area contributed by atoms with Gasteiger partial charge in [-0.1, -0.05) is 197 Å². The molecular formula is C58H105NO10. The van der Waals surface area contributed by atoms with Crippen molar-refractivity contribution in [1.29, 1.82) is 0 Å². The number of nitrogens with one attached hydrogen (secondary N) is 1. The fourth-order valence-electron chi connectivity index (χ4n) is 8.58. The molecule has 0 radical (unpaired) electrons. The largest absolute Gasteiger partial charge is 0.466 e. The first-order chi connectivity index (χ1) is 33.7. The Kier molecular flexibility index (Phi) is 44.9. The second kappa shape index (κ2) is 47.9. The molecule has 1 fully saturated rings. The standard InChI is InChI=1S/C58H105NO10/c1-3-5-7-9-11-13-15-21-25-28-32-36-40-44-51(61)50(49-68-58-57(66)56(65)55(64)52(48-60)69-58)59-53(62)45-41-37-33-29-26-22-19-17-16-18-20-23-27-31-35-39-43-47-67-54(63)46-42-38-34-30-24-14-12-10-8-6-4-2/h11,13,16,18,25,28,40,44,50-52,55-58,60-61,64-66H,3-10,12,14-15,17,19-24,26-27,29-39,41-43,45-49H2,1-2H3,(H,59,62)/b13-11+,18-16-,28-25+,44-40+. The maximum absolute atomic E-state index is 13.0. The predicted octanol–water partition coefficient (Wildman–Crippen LogP) is 12.5. The molecule has 1 rings (SSSR count). The summed E-state index contributed by atoms with van der Waals surface area (Å²) in [6, 6.07) is -0.844. The van der Waals surface area contributed by atoms with Gasteiger partial charge in [0, 0.05) is 12.8 Å². The number of aliphatic hydroxyl groups is 5. The first-order valence-electron chi connectivity index (χ1n) is 28.4. The lowest BCUT2D eigenvalue weighted by atomic mass is 9.99. The predicted molar refractivity (Wildman–Crippen MR) is 283 cm³/mol. The molecule has 11 nitrogen and oxygen atoms in total. The molecule has 0 bridgehead atoms. The van der Waals surface area contributed by atoms with E-state index in [2.05, 4.69) is 55.6 Å². The molecule has 11 heteroatoms. The number of allylic oxidation sites excluding steroid dienone is 7. The fraction of sp³-hybridized carbons (Fsp3) is 0.828. The van der Waals surface area contributed by atoms with Gasteiger partial charge >= 0.3 is 5.97 Å². The Morgan fingerprint density at radius 3 is 1.46 bits per heavy atom. The van der Waals surface area contributed by atoms with Crippen molar-refractivity contribution in [1.82, 2.24) is 5.32 Å². The van der Waals surface area contributed by atoms with Crippen LogP contribution in [0.15, 0.2) is 48.6 Å². The molecule has 0 spiro atoms. The van der Waals surface area contributed by atoms with E-state index in [-0.39, 0.29) is 18.5 Å². The molecule has 0 saturated carbocycles. The van der Waals surface area contributed by atoms with Crippen molar-refractivity contribution >= 4 is 11.9 Å². The summed E-state index contributed by atoms with van der Waals surface area (Å²) in [6.07, 6.45) is 49.1. The molecule has 1 amide bonds. The molecular weight excluding hydrogens is 871 g/mol. The summed E-state index contributed by atoms with van der Waals surface area (Å²) in [5.41, 5.74) is 0. The number of carbonyl (C=O) groups is 2. The topological polar surface area (TPSA) is 175 Å². The van der Waals surface area contributed by atoms with Crippen LogP contribution in [0.2, 0.25) is 0 Å². The van der Waals surface area contributed by atoms with Crippen molar-refractivity contribution < 1.29 is 49.3 Å². The van der Waals surface area contributed by atoms with E-state index in [1.54, 1.807) is 6.08 Å². The van der Waals surface area contributed by atoms with E-state index >= 15 is 0 Å². The molecule has 0 aromatic rings. The van der Waals surface area contributed by atoms with E-state index < -0.39 is 49.5 Å². The Bertz CT molecular complexity index is 1290. The molecule has 0 aromatic carbocycles. The van der Waals surface area contributed by atoms with Crippen LogP contribution in [0.3, 0.4) is 0 Å². The summed E-state index contributed by atoms with van der Waals surface area (Å²) in [5.74, 6) is -0.231. The average molecular weight is 976 g/mol. The normalized spacial score (nSPS) is 19.7. The van der Waals surface area contributed by atoms with E-state index in [1.807, 2.05) is 6.08 Å². The van der Waals surface area contributed by atoms with Crippen molar-refractivity contribution in [2.24, 2.45) is 0 Å². The van der Waals surface area contributed by atoms with Crippen LogP contribution in [0, 0.1) is 0 Å². The number of hydrogen-bond donors (Lipinski definition) is 6. The molecule has 69 heavy (non-hydrogen) atoms. The van der Waals surface area contributed by atoms with E-state index in [0.717, 1.165) is 96.3 Å². The third-order valence-electron chi connectivity index (χ3n) is 13.1. The zero-order valence-electron chi connectivity index (χ0n) is 44.0. The maximum Gasteiger partial charge on any atom is 0.305 e. The average Bonchev–Trinajstić information content (AvgIpc) is 3.34. The first-order valence-corrected chi connectivity index (χ1v) is 28.4. The van der Waals surface area contributed by atoms with Gasteiger partial charge in [-0.3, -0.25) is 9.59 Å². The Morgan fingerprint density at radius 1 is 0.522 bits per heavy atom. The van der Waals surface area contributed by atoms with Crippen LogP contribution < -0.4 is 5.32 Å². The van der Waals surface area contributed by atoms with Crippen molar-refractivity contribution in [3.8, 4) is 0 Å². The minimum absolute atomic E-state index is 0.0208. The van der Waals surface area contributed by atoms with E-state index in [1.165, 1.54) is 122 Å². The lowest BCUT2D eigenvalue weighted by molar-refractivity contribution is -0.302. The summed E-state index contributed by atoms with van der Waals surface area (Å²) < 4.78 is 16.7. The molecule has 1 aliphatic heterocycles. The number of unbranched alkanes of at least 4 members (excludes halogenated alkanes) is 28. The van der Waals surface area contributed by atoms with Crippen LogP contribution in [0.4, 0.5) is 0 Å². The minimum atomic E-state index is -1.58. The van der Waals surface area contributed by atoms with Crippen LogP contribution in [0.25, 0.3) is 0 Å². The number of aliphatic hydroxyl groups excluding tert-OH is 5. The second-order valence-electron chi connectivity index (χ2n) is 19.6. The van der Waals surface area contributed by atoms with Crippen LogP contribution in [-0.2, 0) is 23.8 Å². The number of amides is 1. The summed E-state index contributed by atoms with van der Waals surface area (Å²) in [4.78, 5) is 25.0. The van der Waals surface area contributed by atoms with E-state index in [9.17, 15) is 35.1 Å². The van der Waals surface area contributed by atoms with Crippen LogP contribution in [0.5, 0.6) is 0 Å². The summed E-state index contributed by atoms with van der Waals surface area (Å²) in [7, 11) is 0. The number of ether oxygens (including phenoxy) is 3. The molecule has 6 N–H and O–H groups in total. The SMILES string of the molecule is CCCCC/C=C/CC/C=C/CC/C=C/C(O)C(COC1OC(CO)C(O)C(O)C1O)NC(=O)CCCCCCCCC/C=C\CCCCCCCCOC(=O)CCCCCCCCCCCCC. The van der Waals surface area contributed by atoms with Crippen molar-refractivity contribution in [3.63, 3.8) is 0 Å². The van der Waals surface area contributed by atoms with Gasteiger partial charge in [0.05, 0.1) is 32.0 Å². The molecule has 0 aromatic heterocycles. The van der Waals surface area contributed by atoms with Gasteiger partial charge in [-0.25, -0.2) is 0 Å². The van der Waals surface area contributed by atoms with Gasteiger partial charge in [-0.2, -0.15) is 0 Å².